The van der Waals surface area contributed by atoms with Gasteiger partial charge < -0.3 is 14.2 Å². The Morgan fingerprint density at radius 2 is 0.478 bits per heavy atom. The Morgan fingerprint density at radius 1 is 0.275 bits per heavy atom. The van der Waals surface area contributed by atoms with Crippen LogP contribution in [0.3, 0.4) is 0 Å². The number of carbonyl (C=O) groups is 3. The number of carbonyl (C=O) groups excluding carboxylic acids is 3. The van der Waals surface area contributed by atoms with Crippen LogP contribution in [0.5, 0.6) is 0 Å². The van der Waals surface area contributed by atoms with E-state index >= 15 is 0 Å². The minimum atomic E-state index is -0.765. The van der Waals surface area contributed by atoms with Gasteiger partial charge in [0.2, 0.25) is 0 Å². The molecule has 0 aromatic rings. The minimum absolute atomic E-state index is 0.0639. The molecule has 0 bridgehead atoms. The fourth-order valence-corrected chi connectivity index (χ4v) is 9.56. The van der Waals surface area contributed by atoms with E-state index in [9.17, 15) is 14.4 Å². The largest absolute Gasteiger partial charge is 0.462 e. The molecule has 0 aliphatic rings. The number of unbranched alkanes of at least 4 members (excludes halogenated alkanes) is 45. The van der Waals surface area contributed by atoms with Crippen LogP contribution in [0.4, 0.5) is 0 Å². The molecule has 0 aromatic carbocycles. The summed E-state index contributed by atoms with van der Waals surface area (Å²) in [5.41, 5.74) is 0. The maximum atomic E-state index is 12.9. The first-order valence-electron chi connectivity index (χ1n) is 31.2. The molecule has 0 saturated heterocycles. The number of ether oxygens (including phenoxy) is 3. The summed E-state index contributed by atoms with van der Waals surface area (Å²) in [7, 11) is 0. The van der Waals surface area contributed by atoms with Crippen LogP contribution in [0, 0.1) is 0 Å². The molecule has 0 N–H and O–H groups in total. The fourth-order valence-electron chi connectivity index (χ4n) is 9.56. The second-order valence-electron chi connectivity index (χ2n) is 21.3. The molecule has 0 radical (unpaired) electrons. The van der Waals surface area contributed by atoms with Gasteiger partial charge in [0.1, 0.15) is 13.2 Å². The molecule has 1 atom stereocenters. The first-order chi connectivity index (χ1) is 34.0. The van der Waals surface area contributed by atoms with Gasteiger partial charge >= 0.3 is 17.9 Å². The molecule has 0 amide bonds. The highest BCUT2D eigenvalue weighted by atomic mass is 16.6. The molecule has 0 aromatic heterocycles. The Bertz CT molecular complexity index is 1070. The van der Waals surface area contributed by atoms with E-state index in [2.05, 4.69) is 32.9 Å². The fraction of sp³-hybridized carbons (Fsp3) is 0.921. The third-order valence-corrected chi connectivity index (χ3v) is 14.3. The quantitative estimate of drug-likeness (QED) is 0.0261. The highest BCUT2D eigenvalue weighted by Crippen LogP contribution is 2.18. The number of hydrogen-bond donors (Lipinski definition) is 0. The van der Waals surface area contributed by atoms with E-state index in [4.69, 9.17) is 14.2 Å². The monoisotopic (exact) mass is 973 g/mol. The lowest BCUT2D eigenvalue weighted by Gasteiger charge is -2.18. The maximum absolute atomic E-state index is 12.9. The van der Waals surface area contributed by atoms with E-state index in [1.165, 1.54) is 257 Å². The van der Waals surface area contributed by atoms with Crippen LogP contribution in [-0.4, -0.2) is 37.2 Å². The van der Waals surface area contributed by atoms with Gasteiger partial charge in [-0.2, -0.15) is 0 Å². The van der Waals surface area contributed by atoms with Crippen molar-refractivity contribution in [1.29, 1.82) is 0 Å². The number of rotatable bonds is 58. The first-order valence-corrected chi connectivity index (χ1v) is 31.2. The molecular formula is C63H120O6. The number of hydrogen-bond acceptors (Lipinski definition) is 6. The number of esters is 3. The second kappa shape index (κ2) is 58.7. The first kappa shape index (κ1) is 67.1. The van der Waals surface area contributed by atoms with Crippen LogP contribution in [-0.2, 0) is 28.6 Å². The molecule has 0 rings (SSSR count). The lowest BCUT2D eigenvalue weighted by molar-refractivity contribution is -0.167. The normalized spacial score (nSPS) is 12.0. The van der Waals surface area contributed by atoms with Crippen molar-refractivity contribution in [3.63, 3.8) is 0 Å². The average molecular weight is 974 g/mol. The van der Waals surface area contributed by atoms with Crippen LogP contribution < -0.4 is 0 Å². The molecule has 6 heteroatoms. The summed E-state index contributed by atoms with van der Waals surface area (Å²) in [4.78, 5) is 38.3. The molecule has 0 unspecified atom stereocenters. The lowest BCUT2D eigenvalue weighted by atomic mass is 10.0. The van der Waals surface area contributed by atoms with Gasteiger partial charge in [0.25, 0.3) is 0 Å². The van der Waals surface area contributed by atoms with Gasteiger partial charge in [0.15, 0.2) is 6.10 Å². The van der Waals surface area contributed by atoms with Crippen molar-refractivity contribution in [3.8, 4) is 0 Å². The van der Waals surface area contributed by atoms with Gasteiger partial charge in [0.05, 0.1) is 0 Å². The van der Waals surface area contributed by atoms with E-state index in [1.807, 2.05) is 0 Å². The van der Waals surface area contributed by atoms with Crippen molar-refractivity contribution in [2.75, 3.05) is 13.2 Å². The topological polar surface area (TPSA) is 78.9 Å². The van der Waals surface area contributed by atoms with E-state index in [1.54, 1.807) is 0 Å². The molecule has 0 aliphatic carbocycles. The summed E-state index contributed by atoms with van der Waals surface area (Å²) in [5.74, 6) is -0.836. The summed E-state index contributed by atoms with van der Waals surface area (Å²) in [6.07, 6.45) is 67.8. The van der Waals surface area contributed by atoms with Crippen LogP contribution in [0.15, 0.2) is 12.2 Å². The predicted molar refractivity (Wildman–Crippen MR) is 298 cm³/mol. The van der Waals surface area contributed by atoms with E-state index in [0.29, 0.717) is 19.3 Å². The highest BCUT2D eigenvalue weighted by molar-refractivity contribution is 5.71. The van der Waals surface area contributed by atoms with Crippen LogP contribution in [0.2, 0.25) is 0 Å². The van der Waals surface area contributed by atoms with Gasteiger partial charge in [0, 0.05) is 19.3 Å². The Morgan fingerprint density at radius 3 is 0.725 bits per heavy atom. The van der Waals surface area contributed by atoms with Crippen molar-refractivity contribution in [2.24, 2.45) is 0 Å². The molecule has 0 saturated carbocycles. The van der Waals surface area contributed by atoms with Crippen LogP contribution in [0.25, 0.3) is 0 Å². The third-order valence-electron chi connectivity index (χ3n) is 14.3. The zero-order chi connectivity index (χ0) is 50.0. The summed E-state index contributed by atoms with van der Waals surface area (Å²) >= 11 is 0. The molecule has 0 heterocycles. The summed E-state index contributed by atoms with van der Waals surface area (Å²) in [6.45, 7) is 6.71. The molecule has 0 spiro atoms. The highest BCUT2D eigenvalue weighted by Gasteiger charge is 2.19. The minimum Gasteiger partial charge on any atom is -0.462 e. The molecule has 0 fully saturated rings. The van der Waals surface area contributed by atoms with E-state index < -0.39 is 6.10 Å². The molecule has 408 valence electrons. The predicted octanol–water partition coefficient (Wildman–Crippen LogP) is 20.9. The van der Waals surface area contributed by atoms with Crippen molar-refractivity contribution in [3.05, 3.63) is 12.2 Å². The maximum Gasteiger partial charge on any atom is 0.306 e. The van der Waals surface area contributed by atoms with Gasteiger partial charge in [-0.1, -0.05) is 303 Å². The van der Waals surface area contributed by atoms with Crippen molar-refractivity contribution >= 4 is 17.9 Å². The smallest absolute Gasteiger partial charge is 0.306 e. The van der Waals surface area contributed by atoms with Gasteiger partial charge in [-0.25, -0.2) is 0 Å². The van der Waals surface area contributed by atoms with E-state index in [0.717, 1.165) is 57.8 Å². The van der Waals surface area contributed by atoms with Gasteiger partial charge in [-0.15, -0.1) is 0 Å². The SMILES string of the molecule is CCCCCCCC/C=C\CCCCCCCCCCCC(=O)OC[C@H](COC(=O)CCCCCCCCCCCCCCCCCCC)OC(=O)CCCCCCCCCCCCCCCCC. The number of allylic oxidation sites excluding steroid dienone is 2. The molecule has 69 heavy (non-hydrogen) atoms. The zero-order valence-corrected chi connectivity index (χ0v) is 46.9. The molecule has 0 aliphatic heterocycles. The van der Waals surface area contributed by atoms with Crippen molar-refractivity contribution in [1.82, 2.24) is 0 Å². The second-order valence-corrected chi connectivity index (χ2v) is 21.3. The van der Waals surface area contributed by atoms with Crippen LogP contribution in [0.1, 0.15) is 355 Å². The van der Waals surface area contributed by atoms with Crippen molar-refractivity contribution in [2.45, 2.75) is 361 Å². The summed E-state index contributed by atoms with van der Waals surface area (Å²) < 4.78 is 16.9. The lowest BCUT2D eigenvalue weighted by Crippen LogP contribution is -2.30. The Hall–Kier alpha value is -1.85. The summed E-state index contributed by atoms with van der Waals surface area (Å²) in [6, 6.07) is 0. The zero-order valence-electron chi connectivity index (χ0n) is 46.9. The van der Waals surface area contributed by atoms with Crippen molar-refractivity contribution < 1.29 is 28.6 Å². The Kier molecular flexibility index (Phi) is 57.1. The average Bonchev–Trinajstić information content (AvgIpc) is 3.35. The Labute approximate surface area is 431 Å². The standard InChI is InChI=1S/C63H120O6/c1-4-7-10-13-16-19-22-25-28-30-31-33-36-38-41-44-47-50-53-56-62(65)68-59-60(69-63(66)57-54-51-48-45-42-39-34-27-24-21-18-15-12-9-6-3)58-67-61(64)55-52-49-46-43-40-37-35-32-29-26-23-20-17-14-11-8-5-2/h25,28,60H,4-24,26-27,29-59H2,1-3H3/b28-25-/t60-/m0/s1. The third kappa shape index (κ3) is 56.9. The van der Waals surface area contributed by atoms with Crippen LogP contribution >= 0.6 is 0 Å². The Balaban J connectivity index is 4.29. The summed E-state index contributed by atoms with van der Waals surface area (Å²) in [5, 5.41) is 0. The van der Waals surface area contributed by atoms with E-state index in [-0.39, 0.29) is 31.1 Å². The molecule has 6 nitrogen and oxygen atoms in total. The molecular weight excluding hydrogens is 853 g/mol. The van der Waals surface area contributed by atoms with Gasteiger partial charge in [-0.3, -0.25) is 14.4 Å². The van der Waals surface area contributed by atoms with Gasteiger partial charge in [-0.05, 0) is 44.9 Å².